The Labute approximate surface area is 166 Å². The van der Waals surface area contributed by atoms with Crippen LogP contribution in [0.25, 0.3) is 10.6 Å². The molecule has 2 N–H and O–H groups in total. The van der Waals surface area contributed by atoms with Gasteiger partial charge in [0.2, 0.25) is 11.8 Å². The molecule has 2 aromatic carbocycles. The van der Waals surface area contributed by atoms with Crippen molar-refractivity contribution in [1.29, 1.82) is 0 Å². The third-order valence-corrected chi connectivity index (χ3v) is 4.96. The van der Waals surface area contributed by atoms with Gasteiger partial charge in [-0.2, -0.15) is 0 Å². The third kappa shape index (κ3) is 5.47. The summed E-state index contributed by atoms with van der Waals surface area (Å²) in [5.74, 6) is -0.523. The van der Waals surface area contributed by atoms with E-state index in [2.05, 4.69) is 15.6 Å². The smallest absolute Gasteiger partial charge is 0.226 e. The van der Waals surface area contributed by atoms with Gasteiger partial charge in [-0.05, 0) is 42.3 Å². The van der Waals surface area contributed by atoms with Gasteiger partial charge in [0.05, 0.1) is 12.1 Å². The molecule has 0 aliphatic heterocycles. The van der Waals surface area contributed by atoms with Gasteiger partial charge in [-0.1, -0.05) is 18.2 Å². The van der Waals surface area contributed by atoms with Crippen LogP contribution in [0.1, 0.15) is 18.2 Å². The van der Waals surface area contributed by atoms with Crippen LogP contribution < -0.4 is 10.6 Å². The van der Waals surface area contributed by atoms with E-state index in [0.717, 1.165) is 16.3 Å². The summed E-state index contributed by atoms with van der Waals surface area (Å²) in [5.41, 5.74) is 2.92. The first-order valence-corrected chi connectivity index (χ1v) is 9.72. The molecule has 0 radical (unpaired) electrons. The van der Waals surface area contributed by atoms with E-state index in [0.29, 0.717) is 24.2 Å². The summed E-state index contributed by atoms with van der Waals surface area (Å²) in [5, 5.41) is 8.18. The molecule has 0 unspecified atom stereocenters. The molecule has 3 rings (SSSR count). The van der Waals surface area contributed by atoms with E-state index >= 15 is 0 Å². The summed E-state index contributed by atoms with van der Waals surface area (Å²) in [4.78, 5) is 27.7. The lowest BCUT2D eigenvalue weighted by atomic mass is 10.1. The molecule has 5 nitrogen and oxygen atoms in total. The number of nitrogens with zero attached hydrogens (tertiary/aromatic N) is 1. The van der Waals surface area contributed by atoms with Crippen LogP contribution in [-0.4, -0.2) is 23.3 Å². The van der Waals surface area contributed by atoms with Crippen molar-refractivity contribution in [3.05, 3.63) is 71.0 Å². The van der Waals surface area contributed by atoms with Crippen LogP contribution in [-0.2, 0) is 22.4 Å². The number of nitrogens with one attached hydrogen (secondary N) is 2. The zero-order valence-electron chi connectivity index (χ0n) is 15.4. The van der Waals surface area contributed by atoms with Crippen LogP contribution in [0.5, 0.6) is 0 Å². The summed E-state index contributed by atoms with van der Waals surface area (Å²) in [6.45, 7) is 1.84. The number of halogens is 1. The van der Waals surface area contributed by atoms with Crippen LogP contribution in [0, 0.1) is 5.82 Å². The molecule has 0 bridgehead atoms. The number of hydrogen-bond acceptors (Lipinski definition) is 4. The van der Waals surface area contributed by atoms with Crippen molar-refractivity contribution >= 4 is 28.8 Å². The fourth-order valence-electron chi connectivity index (χ4n) is 2.68. The van der Waals surface area contributed by atoms with Crippen molar-refractivity contribution in [2.45, 2.75) is 19.8 Å². The highest BCUT2D eigenvalue weighted by Gasteiger charge is 2.10. The second kappa shape index (κ2) is 9.23. The molecule has 0 saturated heterocycles. The quantitative estimate of drug-likeness (QED) is 0.637. The molecular weight excluding hydrogens is 377 g/mol. The molecule has 0 saturated carbocycles. The maximum absolute atomic E-state index is 13.6. The van der Waals surface area contributed by atoms with Crippen LogP contribution in [0.15, 0.2) is 53.9 Å². The van der Waals surface area contributed by atoms with Crippen LogP contribution in [0.4, 0.5) is 10.1 Å². The molecule has 0 aliphatic carbocycles. The number of anilines is 1. The normalized spacial score (nSPS) is 10.5. The van der Waals surface area contributed by atoms with Gasteiger partial charge in [-0.3, -0.25) is 9.59 Å². The largest absolute Gasteiger partial charge is 0.355 e. The minimum atomic E-state index is -0.259. The predicted molar refractivity (Wildman–Crippen MR) is 109 cm³/mol. The van der Waals surface area contributed by atoms with Gasteiger partial charge in [-0.25, -0.2) is 9.37 Å². The Morgan fingerprint density at radius 3 is 2.57 bits per heavy atom. The van der Waals surface area contributed by atoms with Gasteiger partial charge < -0.3 is 10.6 Å². The van der Waals surface area contributed by atoms with Crippen LogP contribution >= 0.6 is 11.3 Å². The molecule has 7 heteroatoms. The Kier molecular flexibility index (Phi) is 6.49. The van der Waals surface area contributed by atoms with E-state index < -0.39 is 0 Å². The average Bonchev–Trinajstić information content (AvgIpc) is 3.12. The van der Waals surface area contributed by atoms with Crippen LogP contribution in [0.2, 0.25) is 0 Å². The second-order valence-electron chi connectivity index (χ2n) is 6.27. The van der Waals surface area contributed by atoms with E-state index in [1.54, 1.807) is 18.2 Å². The summed E-state index contributed by atoms with van der Waals surface area (Å²) >= 11 is 1.46. The lowest BCUT2D eigenvalue weighted by Crippen LogP contribution is -2.27. The van der Waals surface area contributed by atoms with Crippen molar-refractivity contribution in [1.82, 2.24) is 10.3 Å². The number of amides is 2. The second-order valence-corrected chi connectivity index (χ2v) is 7.13. The Morgan fingerprint density at radius 2 is 1.86 bits per heavy atom. The number of carbonyl (C=O) groups excluding carboxylic acids is 2. The van der Waals surface area contributed by atoms with Gasteiger partial charge in [0, 0.05) is 30.1 Å². The molecule has 144 valence electrons. The van der Waals surface area contributed by atoms with Gasteiger partial charge in [0.25, 0.3) is 0 Å². The van der Waals surface area contributed by atoms with E-state index in [4.69, 9.17) is 0 Å². The van der Waals surface area contributed by atoms with Gasteiger partial charge in [0.15, 0.2) is 0 Å². The number of benzene rings is 2. The van der Waals surface area contributed by atoms with Gasteiger partial charge >= 0.3 is 0 Å². The minimum Gasteiger partial charge on any atom is -0.355 e. The van der Waals surface area contributed by atoms with E-state index in [-0.39, 0.29) is 24.1 Å². The number of carbonyl (C=O) groups is 2. The Hall–Kier alpha value is -3.06. The summed E-state index contributed by atoms with van der Waals surface area (Å²) in [6.07, 6.45) is 0.624. The third-order valence-electron chi connectivity index (χ3n) is 4.02. The Morgan fingerprint density at radius 1 is 1.11 bits per heavy atom. The van der Waals surface area contributed by atoms with Crippen molar-refractivity contribution in [2.24, 2.45) is 0 Å². The van der Waals surface area contributed by atoms with E-state index in [1.165, 1.54) is 24.3 Å². The number of hydrogen-bond donors (Lipinski definition) is 2. The van der Waals surface area contributed by atoms with Crippen molar-refractivity contribution in [3.8, 4) is 10.6 Å². The SMILES string of the molecule is CC(=O)Nc1ccc(-c2nc(CC(=O)NCCc3ccccc3F)cs2)cc1. The van der Waals surface area contributed by atoms with E-state index in [9.17, 15) is 14.0 Å². The Balaban J connectivity index is 1.51. The lowest BCUT2D eigenvalue weighted by Gasteiger charge is -2.05. The first-order valence-electron chi connectivity index (χ1n) is 8.84. The predicted octanol–water partition coefficient (Wildman–Crippen LogP) is 3.81. The average molecular weight is 397 g/mol. The monoisotopic (exact) mass is 397 g/mol. The highest BCUT2D eigenvalue weighted by molar-refractivity contribution is 7.13. The fraction of sp³-hybridized carbons (Fsp3) is 0.190. The standard InChI is InChI=1S/C21H20FN3O2S/c1-14(26)24-17-8-6-16(7-9-17)21-25-18(13-28-21)12-20(27)23-11-10-15-4-2-3-5-19(15)22/h2-9,13H,10-12H2,1H3,(H,23,27)(H,24,26). The summed E-state index contributed by atoms with van der Waals surface area (Å²) in [7, 11) is 0. The fourth-order valence-corrected chi connectivity index (χ4v) is 3.51. The zero-order chi connectivity index (χ0) is 19.9. The molecule has 3 aromatic rings. The van der Waals surface area contributed by atoms with Gasteiger partial charge in [0.1, 0.15) is 10.8 Å². The maximum atomic E-state index is 13.6. The van der Waals surface area contributed by atoms with E-state index in [1.807, 2.05) is 29.6 Å². The molecule has 0 atom stereocenters. The first-order chi connectivity index (χ1) is 13.5. The maximum Gasteiger partial charge on any atom is 0.226 e. The molecule has 1 heterocycles. The molecular formula is C21H20FN3O2S. The van der Waals surface area contributed by atoms with Crippen molar-refractivity contribution in [3.63, 3.8) is 0 Å². The molecule has 1 aromatic heterocycles. The highest BCUT2D eigenvalue weighted by Crippen LogP contribution is 2.25. The summed E-state index contributed by atoms with van der Waals surface area (Å²) < 4.78 is 13.6. The molecule has 28 heavy (non-hydrogen) atoms. The van der Waals surface area contributed by atoms with Crippen molar-refractivity contribution < 1.29 is 14.0 Å². The molecule has 2 amide bonds. The summed E-state index contributed by atoms with van der Waals surface area (Å²) in [6, 6.07) is 13.9. The molecule has 0 aliphatic rings. The minimum absolute atomic E-state index is 0.120. The topological polar surface area (TPSA) is 71.1 Å². The Bertz CT molecular complexity index is 970. The molecule has 0 fully saturated rings. The van der Waals surface area contributed by atoms with Crippen molar-refractivity contribution in [2.75, 3.05) is 11.9 Å². The highest BCUT2D eigenvalue weighted by atomic mass is 32.1. The van der Waals surface area contributed by atoms with Crippen LogP contribution in [0.3, 0.4) is 0 Å². The number of thiazole rings is 1. The lowest BCUT2D eigenvalue weighted by molar-refractivity contribution is -0.120. The zero-order valence-corrected chi connectivity index (χ0v) is 16.2. The van der Waals surface area contributed by atoms with Gasteiger partial charge in [-0.15, -0.1) is 11.3 Å². The first kappa shape index (κ1) is 19.7. The number of aromatic nitrogens is 1. The molecule has 0 spiro atoms. The number of rotatable bonds is 7.